The molecule has 0 aliphatic carbocycles. The summed E-state index contributed by atoms with van der Waals surface area (Å²) in [5.41, 5.74) is 2.60. The molecule has 0 fully saturated rings. The van der Waals surface area contributed by atoms with Gasteiger partial charge in [0.15, 0.2) is 0 Å². The van der Waals surface area contributed by atoms with Gasteiger partial charge < -0.3 is 15.4 Å². The van der Waals surface area contributed by atoms with E-state index < -0.39 is 0 Å². The smallest absolute Gasteiger partial charge is 0.239 e. The molecule has 138 valence electrons. The second-order valence-corrected chi connectivity index (χ2v) is 5.81. The molecule has 0 spiro atoms. The molecule has 0 saturated carbocycles. The summed E-state index contributed by atoms with van der Waals surface area (Å²) >= 11 is 0. The average Bonchev–Trinajstić information content (AvgIpc) is 2.64. The van der Waals surface area contributed by atoms with Crippen molar-refractivity contribution in [3.8, 4) is 0 Å². The minimum atomic E-state index is -0.389. The van der Waals surface area contributed by atoms with Gasteiger partial charge in [0.25, 0.3) is 0 Å². The van der Waals surface area contributed by atoms with E-state index in [4.69, 9.17) is 4.74 Å². The van der Waals surface area contributed by atoms with Gasteiger partial charge in [0.05, 0.1) is 19.6 Å². The Labute approximate surface area is 152 Å². The molecule has 2 N–H and O–H groups in total. The van der Waals surface area contributed by atoms with Crippen molar-refractivity contribution in [3.63, 3.8) is 0 Å². The highest BCUT2D eigenvalue weighted by Gasteiger charge is 2.07. The highest BCUT2D eigenvalue weighted by atomic mass is 19.1. The van der Waals surface area contributed by atoms with Crippen LogP contribution in [0.25, 0.3) is 0 Å². The maximum absolute atomic E-state index is 13.1. The van der Waals surface area contributed by atoms with Gasteiger partial charge >= 0.3 is 0 Å². The third-order valence-electron chi connectivity index (χ3n) is 3.69. The van der Waals surface area contributed by atoms with Crippen LogP contribution in [0.1, 0.15) is 23.6 Å². The predicted octanol–water partition coefficient (Wildman–Crippen LogP) is 2.34. The van der Waals surface area contributed by atoms with Crippen molar-refractivity contribution in [3.05, 3.63) is 71.0 Å². The van der Waals surface area contributed by atoms with Crippen molar-refractivity contribution in [2.45, 2.75) is 26.5 Å². The molecule has 2 amide bonds. The Morgan fingerprint density at radius 1 is 0.962 bits per heavy atom. The van der Waals surface area contributed by atoms with Crippen molar-refractivity contribution in [1.82, 2.24) is 10.6 Å². The summed E-state index contributed by atoms with van der Waals surface area (Å²) in [6.45, 7) is 3.45. The van der Waals surface area contributed by atoms with Gasteiger partial charge in [0, 0.05) is 13.2 Å². The lowest BCUT2D eigenvalue weighted by Gasteiger charge is -2.08. The molecule has 0 unspecified atom stereocenters. The molecule has 0 heterocycles. The minimum absolute atomic E-state index is 0.0341. The van der Waals surface area contributed by atoms with Crippen molar-refractivity contribution in [2.75, 3.05) is 13.2 Å². The van der Waals surface area contributed by atoms with E-state index >= 15 is 0 Å². The Kier molecular flexibility index (Phi) is 7.76. The van der Waals surface area contributed by atoms with Gasteiger partial charge in [-0.3, -0.25) is 9.59 Å². The highest BCUT2D eigenvalue weighted by molar-refractivity contribution is 5.85. The topological polar surface area (TPSA) is 67.4 Å². The Morgan fingerprint density at radius 3 is 2.38 bits per heavy atom. The molecular formula is C20H23FN2O3. The molecule has 6 heteroatoms. The molecule has 0 saturated heterocycles. The van der Waals surface area contributed by atoms with Gasteiger partial charge in [-0.15, -0.1) is 0 Å². The Balaban J connectivity index is 1.69. The summed E-state index contributed by atoms with van der Waals surface area (Å²) in [6.07, 6.45) is 0.0341. The van der Waals surface area contributed by atoms with Gasteiger partial charge in [0.2, 0.25) is 11.8 Å². The van der Waals surface area contributed by atoms with Gasteiger partial charge in [-0.1, -0.05) is 36.4 Å². The number of nitrogens with one attached hydrogen (secondary N) is 2. The molecule has 0 bridgehead atoms. The fourth-order valence-electron chi connectivity index (χ4n) is 2.31. The minimum Gasteiger partial charge on any atom is -0.377 e. The van der Waals surface area contributed by atoms with Crippen LogP contribution < -0.4 is 10.6 Å². The number of hydrogen-bond donors (Lipinski definition) is 2. The molecule has 26 heavy (non-hydrogen) atoms. The molecule has 0 aliphatic heterocycles. The quantitative estimate of drug-likeness (QED) is 0.723. The first-order valence-corrected chi connectivity index (χ1v) is 8.50. The van der Waals surface area contributed by atoms with Gasteiger partial charge in [-0.25, -0.2) is 4.39 Å². The molecular weight excluding hydrogens is 335 g/mol. The van der Waals surface area contributed by atoms with Gasteiger partial charge in [0.1, 0.15) is 5.82 Å². The standard InChI is InChI=1S/C20H23FN2O3/c1-2-26-14-16-8-6-15(7-9-16)12-22-20(25)13-23-19(24)11-17-4-3-5-18(21)10-17/h3-10H,2,11-14H2,1H3,(H,22,25)(H,23,24). The van der Waals surface area contributed by atoms with Gasteiger partial charge in [-0.2, -0.15) is 0 Å². The lowest BCUT2D eigenvalue weighted by molar-refractivity contribution is -0.125. The van der Waals surface area contributed by atoms with Crippen LogP contribution in [0.5, 0.6) is 0 Å². The highest BCUT2D eigenvalue weighted by Crippen LogP contribution is 2.06. The third-order valence-corrected chi connectivity index (χ3v) is 3.69. The molecule has 0 aliphatic rings. The zero-order valence-corrected chi connectivity index (χ0v) is 14.8. The molecule has 2 aromatic carbocycles. The van der Waals surface area contributed by atoms with Crippen LogP contribution in [0.2, 0.25) is 0 Å². The zero-order valence-electron chi connectivity index (χ0n) is 14.8. The number of benzene rings is 2. The largest absolute Gasteiger partial charge is 0.377 e. The first kappa shape index (κ1) is 19.6. The third kappa shape index (κ3) is 7.03. The van der Waals surface area contributed by atoms with Crippen LogP contribution in [-0.4, -0.2) is 25.0 Å². The van der Waals surface area contributed by atoms with E-state index in [-0.39, 0.29) is 30.6 Å². The normalized spacial score (nSPS) is 10.4. The number of amides is 2. The number of carbonyl (C=O) groups excluding carboxylic acids is 2. The van der Waals surface area contributed by atoms with Crippen LogP contribution in [0.4, 0.5) is 4.39 Å². The van der Waals surface area contributed by atoms with Crippen molar-refractivity contribution < 1.29 is 18.7 Å². The van der Waals surface area contributed by atoms with E-state index in [9.17, 15) is 14.0 Å². The average molecular weight is 358 g/mol. The predicted molar refractivity (Wildman–Crippen MR) is 96.7 cm³/mol. The van der Waals surface area contributed by atoms with Crippen molar-refractivity contribution in [2.24, 2.45) is 0 Å². The summed E-state index contributed by atoms with van der Waals surface area (Å²) in [6, 6.07) is 13.6. The summed E-state index contributed by atoms with van der Waals surface area (Å²) in [4.78, 5) is 23.6. The number of ether oxygens (including phenoxy) is 1. The van der Waals surface area contributed by atoms with E-state index in [1.807, 2.05) is 31.2 Å². The fraction of sp³-hybridized carbons (Fsp3) is 0.300. The summed E-state index contributed by atoms with van der Waals surface area (Å²) in [5, 5.41) is 5.27. The second-order valence-electron chi connectivity index (χ2n) is 5.81. The Bertz CT molecular complexity index is 732. The van der Waals surface area contributed by atoms with E-state index in [0.717, 1.165) is 11.1 Å². The molecule has 2 rings (SSSR count). The number of rotatable bonds is 9. The summed E-state index contributed by atoms with van der Waals surface area (Å²) in [7, 11) is 0. The molecule has 5 nitrogen and oxygen atoms in total. The van der Waals surface area contributed by atoms with E-state index in [1.165, 1.54) is 12.1 Å². The zero-order chi connectivity index (χ0) is 18.8. The number of carbonyl (C=O) groups is 2. The van der Waals surface area contributed by atoms with Crippen molar-refractivity contribution >= 4 is 11.8 Å². The van der Waals surface area contributed by atoms with E-state index in [2.05, 4.69) is 10.6 Å². The van der Waals surface area contributed by atoms with Crippen LogP contribution in [0.15, 0.2) is 48.5 Å². The lowest BCUT2D eigenvalue weighted by Crippen LogP contribution is -2.37. The maximum atomic E-state index is 13.1. The number of hydrogen-bond acceptors (Lipinski definition) is 3. The van der Waals surface area contributed by atoms with Crippen molar-refractivity contribution in [1.29, 1.82) is 0 Å². The van der Waals surface area contributed by atoms with Crippen LogP contribution >= 0.6 is 0 Å². The first-order valence-electron chi connectivity index (χ1n) is 8.50. The maximum Gasteiger partial charge on any atom is 0.239 e. The molecule has 0 atom stereocenters. The SMILES string of the molecule is CCOCc1ccc(CNC(=O)CNC(=O)Cc2cccc(F)c2)cc1. The lowest BCUT2D eigenvalue weighted by atomic mass is 10.1. The summed E-state index contributed by atoms with van der Waals surface area (Å²) < 4.78 is 18.4. The molecule has 2 aromatic rings. The Morgan fingerprint density at radius 2 is 1.69 bits per heavy atom. The van der Waals surface area contributed by atoms with Crippen LogP contribution in [0, 0.1) is 5.82 Å². The molecule has 0 aromatic heterocycles. The summed E-state index contributed by atoms with van der Waals surface area (Å²) in [5.74, 6) is -0.998. The van der Waals surface area contributed by atoms with E-state index in [1.54, 1.807) is 12.1 Å². The number of halogens is 1. The monoisotopic (exact) mass is 358 g/mol. The Hall–Kier alpha value is -2.73. The second kappa shape index (κ2) is 10.3. The van der Waals surface area contributed by atoms with Gasteiger partial charge in [-0.05, 0) is 35.7 Å². The van der Waals surface area contributed by atoms with Crippen LogP contribution in [0.3, 0.4) is 0 Å². The molecule has 0 radical (unpaired) electrons. The van der Waals surface area contributed by atoms with E-state index in [0.29, 0.717) is 25.3 Å². The first-order chi connectivity index (χ1) is 12.6. The fourth-order valence-corrected chi connectivity index (χ4v) is 2.31. The van der Waals surface area contributed by atoms with Crippen LogP contribution in [-0.2, 0) is 33.9 Å².